The second kappa shape index (κ2) is 11.0. The van der Waals surface area contributed by atoms with Crippen molar-refractivity contribution < 1.29 is 9.59 Å². The maximum Gasteiger partial charge on any atom is 0.352 e. The normalized spacial score (nSPS) is 14.1. The van der Waals surface area contributed by atoms with Gasteiger partial charge in [-0.25, -0.2) is 13.9 Å². The van der Waals surface area contributed by atoms with Crippen LogP contribution in [-0.4, -0.2) is 36.6 Å². The van der Waals surface area contributed by atoms with Crippen LogP contribution in [0.15, 0.2) is 58.1 Å². The van der Waals surface area contributed by atoms with Crippen LogP contribution in [0.1, 0.15) is 61.4 Å². The second-order valence-electron chi connectivity index (χ2n) is 9.84. The zero-order valence-electron chi connectivity index (χ0n) is 21.5. The van der Waals surface area contributed by atoms with Gasteiger partial charge in [-0.1, -0.05) is 56.5 Å². The maximum atomic E-state index is 13.5. The number of rotatable bonds is 8. The van der Waals surface area contributed by atoms with E-state index < -0.39 is 5.69 Å². The summed E-state index contributed by atoms with van der Waals surface area (Å²) in [5.41, 5.74) is 0.769. The molecule has 2 aromatic heterocycles. The summed E-state index contributed by atoms with van der Waals surface area (Å²) in [5, 5.41) is 10.6. The van der Waals surface area contributed by atoms with Crippen molar-refractivity contribution in [1.29, 1.82) is 0 Å². The van der Waals surface area contributed by atoms with Crippen LogP contribution in [0.5, 0.6) is 0 Å². The number of fused-ring (bicyclic) bond motifs is 3. The molecule has 1 fully saturated rings. The number of nitrogens with one attached hydrogen (secondary N) is 2. The van der Waals surface area contributed by atoms with Crippen LogP contribution in [0, 0.1) is 0 Å². The lowest BCUT2D eigenvalue weighted by Crippen LogP contribution is -2.36. The molecule has 2 heterocycles. The average molecular weight is 517 g/mol. The van der Waals surface area contributed by atoms with Crippen LogP contribution in [0.4, 0.5) is 0 Å². The fraction of sp³-hybridized carbons (Fsp3) is 0.393. The first-order valence-corrected chi connectivity index (χ1v) is 13.2. The summed E-state index contributed by atoms with van der Waals surface area (Å²) < 4.78 is 3.84. The van der Waals surface area contributed by atoms with Gasteiger partial charge in [0.1, 0.15) is 6.54 Å². The second-order valence-corrected chi connectivity index (χ2v) is 9.84. The predicted octanol–water partition coefficient (Wildman–Crippen LogP) is 2.60. The van der Waals surface area contributed by atoms with Gasteiger partial charge in [0.05, 0.1) is 10.9 Å². The topological polar surface area (TPSA) is 120 Å². The highest BCUT2D eigenvalue weighted by atomic mass is 16.2. The zero-order chi connectivity index (χ0) is 26.6. The van der Waals surface area contributed by atoms with E-state index in [9.17, 15) is 19.2 Å². The maximum absolute atomic E-state index is 13.5. The molecule has 38 heavy (non-hydrogen) atoms. The molecule has 0 bridgehead atoms. The predicted molar refractivity (Wildman–Crippen MR) is 144 cm³/mol. The van der Waals surface area contributed by atoms with Crippen molar-refractivity contribution in [2.24, 2.45) is 0 Å². The molecule has 1 aliphatic carbocycles. The Kier molecular flexibility index (Phi) is 7.39. The molecule has 0 saturated heterocycles. The molecule has 10 heteroatoms. The van der Waals surface area contributed by atoms with Crippen LogP contribution < -0.4 is 21.9 Å². The molecule has 198 valence electrons. The summed E-state index contributed by atoms with van der Waals surface area (Å²) in [6.45, 7) is 2.32. The van der Waals surface area contributed by atoms with Crippen molar-refractivity contribution in [3.63, 3.8) is 0 Å². The first kappa shape index (κ1) is 25.4. The standard InChI is InChI=1S/C28H32N6O4/c1-2-15-32-26(37)22-14-13-20(25(36)30-21-11-7-4-8-12-21)16-23(22)34-27(32)31-33(28(34)38)18-24(35)29-17-19-9-5-3-6-10-19/h3,5-6,9-10,13-14,16,21H,2,4,7-8,11-12,15,17-18H2,1H3,(H,29,35)(H,30,36). The Labute approximate surface area is 219 Å². The first-order valence-electron chi connectivity index (χ1n) is 13.2. The lowest BCUT2D eigenvalue weighted by molar-refractivity contribution is -0.122. The molecule has 10 nitrogen and oxygen atoms in total. The van der Waals surface area contributed by atoms with E-state index in [4.69, 9.17) is 0 Å². The van der Waals surface area contributed by atoms with Gasteiger partial charge in [0.15, 0.2) is 0 Å². The van der Waals surface area contributed by atoms with Crippen LogP contribution in [0.2, 0.25) is 0 Å². The van der Waals surface area contributed by atoms with Gasteiger partial charge in [-0.05, 0) is 43.0 Å². The van der Waals surface area contributed by atoms with E-state index in [-0.39, 0.29) is 35.7 Å². The number of aromatic nitrogens is 4. The van der Waals surface area contributed by atoms with Gasteiger partial charge < -0.3 is 10.6 Å². The molecule has 0 spiro atoms. The molecule has 1 saturated carbocycles. The van der Waals surface area contributed by atoms with Gasteiger partial charge in [0.2, 0.25) is 11.7 Å². The summed E-state index contributed by atoms with van der Waals surface area (Å²) in [5.74, 6) is -0.457. The third-order valence-electron chi connectivity index (χ3n) is 7.05. The fourth-order valence-corrected chi connectivity index (χ4v) is 5.09. The third kappa shape index (κ3) is 5.11. The Hall–Kier alpha value is -4.21. The molecule has 2 N–H and O–H groups in total. The summed E-state index contributed by atoms with van der Waals surface area (Å²) in [6, 6.07) is 14.4. The van der Waals surface area contributed by atoms with Crippen molar-refractivity contribution >= 4 is 28.5 Å². The molecular weight excluding hydrogens is 484 g/mol. The van der Waals surface area contributed by atoms with Gasteiger partial charge >= 0.3 is 5.69 Å². The summed E-state index contributed by atoms with van der Waals surface area (Å²) >= 11 is 0. The van der Waals surface area contributed by atoms with Gasteiger partial charge in [-0.2, -0.15) is 0 Å². The van der Waals surface area contributed by atoms with E-state index in [1.54, 1.807) is 18.2 Å². The first-order chi connectivity index (χ1) is 18.5. The number of aryl methyl sites for hydroxylation is 1. The molecule has 0 atom stereocenters. The highest BCUT2D eigenvalue weighted by Gasteiger charge is 2.21. The van der Waals surface area contributed by atoms with E-state index in [0.717, 1.165) is 35.9 Å². The molecule has 2 aromatic carbocycles. The van der Waals surface area contributed by atoms with E-state index in [2.05, 4.69) is 15.7 Å². The SMILES string of the molecule is CCCn1c(=O)c2ccc(C(=O)NC3CCCCC3)cc2n2c(=O)n(CC(=O)NCc3ccccc3)nc12. The highest BCUT2D eigenvalue weighted by Crippen LogP contribution is 2.19. The van der Waals surface area contributed by atoms with E-state index >= 15 is 0 Å². The number of benzene rings is 2. The van der Waals surface area contributed by atoms with Crippen LogP contribution in [0.25, 0.3) is 16.7 Å². The van der Waals surface area contributed by atoms with Crippen molar-refractivity contribution in [1.82, 2.24) is 29.4 Å². The Bertz CT molecular complexity index is 1600. The number of amides is 2. The van der Waals surface area contributed by atoms with Gasteiger partial charge in [-0.15, -0.1) is 5.10 Å². The van der Waals surface area contributed by atoms with Gasteiger partial charge in [-0.3, -0.25) is 19.0 Å². The smallest absolute Gasteiger partial charge is 0.350 e. The Morgan fingerprint density at radius 2 is 1.79 bits per heavy atom. The Morgan fingerprint density at radius 3 is 2.53 bits per heavy atom. The van der Waals surface area contributed by atoms with E-state index in [0.29, 0.717) is 36.0 Å². The van der Waals surface area contributed by atoms with E-state index in [1.807, 2.05) is 37.3 Å². The largest absolute Gasteiger partial charge is 0.352 e. The summed E-state index contributed by atoms with van der Waals surface area (Å²) in [7, 11) is 0. The van der Waals surface area contributed by atoms with Gasteiger partial charge in [0.25, 0.3) is 11.5 Å². The minimum absolute atomic E-state index is 0.129. The lowest BCUT2D eigenvalue weighted by atomic mass is 9.95. The lowest BCUT2D eigenvalue weighted by Gasteiger charge is -2.22. The monoisotopic (exact) mass is 516 g/mol. The average Bonchev–Trinajstić information content (AvgIpc) is 3.26. The summed E-state index contributed by atoms with van der Waals surface area (Å²) in [4.78, 5) is 52.5. The molecule has 4 aromatic rings. The molecule has 0 unspecified atom stereocenters. The van der Waals surface area contributed by atoms with Gasteiger partial charge in [0, 0.05) is 24.7 Å². The molecule has 0 radical (unpaired) electrons. The number of nitrogens with zero attached hydrogens (tertiary/aromatic N) is 4. The number of carbonyl (C=O) groups is 2. The molecular formula is C28H32N6O4. The van der Waals surface area contributed by atoms with Crippen LogP contribution in [-0.2, 0) is 24.4 Å². The summed E-state index contributed by atoms with van der Waals surface area (Å²) in [6.07, 6.45) is 5.92. The quantitative estimate of drug-likeness (QED) is 0.373. The minimum Gasteiger partial charge on any atom is -0.350 e. The number of hydrogen-bond acceptors (Lipinski definition) is 5. The number of hydrogen-bond donors (Lipinski definition) is 2. The van der Waals surface area contributed by atoms with Crippen molar-refractivity contribution in [3.05, 3.63) is 80.5 Å². The molecule has 5 rings (SSSR count). The molecule has 0 aliphatic heterocycles. The zero-order valence-corrected chi connectivity index (χ0v) is 21.5. The Balaban J connectivity index is 1.51. The van der Waals surface area contributed by atoms with Crippen molar-refractivity contribution in [2.75, 3.05) is 0 Å². The highest BCUT2D eigenvalue weighted by molar-refractivity contribution is 5.98. The number of carbonyl (C=O) groups excluding carboxylic acids is 2. The van der Waals surface area contributed by atoms with Crippen LogP contribution in [0.3, 0.4) is 0 Å². The van der Waals surface area contributed by atoms with E-state index in [1.165, 1.54) is 15.4 Å². The molecule has 1 aliphatic rings. The van der Waals surface area contributed by atoms with Crippen LogP contribution >= 0.6 is 0 Å². The Morgan fingerprint density at radius 1 is 1.03 bits per heavy atom. The molecule has 2 amide bonds. The fourth-order valence-electron chi connectivity index (χ4n) is 5.09. The minimum atomic E-state index is -0.547. The third-order valence-corrected chi connectivity index (χ3v) is 7.05. The van der Waals surface area contributed by atoms with Crippen molar-refractivity contribution in [3.8, 4) is 0 Å². The van der Waals surface area contributed by atoms with Crippen molar-refractivity contribution in [2.45, 2.75) is 71.1 Å².